The van der Waals surface area contributed by atoms with E-state index in [1.54, 1.807) is 30.0 Å². The minimum atomic E-state index is -0.699. The van der Waals surface area contributed by atoms with E-state index >= 15 is 0 Å². The molecule has 7 nitrogen and oxygen atoms in total. The summed E-state index contributed by atoms with van der Waals surface area (Å²) in [4.78, 5) is 37.4. The van der Waals surface area contributed by atoms with Gasteiger partial charge in [0.15, 0.2) is 0 Å². The third kappa shape index (κ3) is 13.1. The summed E-state index contributed by atoms with van der Waals surface area (Å²) in [5, 5.41) is 10.3. The fourth-order valence-electron chi connectivity index (χ4n) is 3.99. The summed E-state index contributed by atoms with van der Waals surface area (Å²) in [6, 6.07) is 6.02. The highest BCUT2D eigenvalue weighted by molar-refractivity contribution is 7.99. The Hall–Kier alpha value is -2.39. The molecule has 1 aliphatic rings. The van der Waals surface area contributed by atoms with Gasteiger partial charge in [-0.1, -0.05) is 44.1 Å². The number of carbonyl (C=O) groups is 3. The minimum Gasteiger partial charge on any atom is -0.462 e. The number of hydrogen-bond acceptors (Lipinski definition) is 7. The first-order valence-electron chi connectivity index (χ1n) is 13.2. The van der Waals surface area contributed by atoms with Crippen molar-refractivity contribution in [1.82, 2.24) is 4.90 Å². The molecule has 1 aromatic rings. The van der Waals surface area contributed by atoms with E-state index in [1.807, 2.05) is 11.0 Å². The zero-order valence-corrected chi connectivity index (χ0v) is 22.6. The van der Waals surface area contributed by atoms with E-state index in [9.17, 15) is 23.9 Å². The van der Waals surface area contributed by atoms with Crippen molar-refractivity contribution in [2.45, 2.75) is 76.9 Å². The van der Waals surface area contributed by atoms with Gasteiger partial charge in [-0.15, -0.1) is 0 Å². The number of carbonyl (C=O) groups excluding carboxylic acids is 3. The van der Waals surface area contributed by atoms with Crippen LogP contribution in [0.5, 0.6) is 0 Å². The van der Waals surface area contributed by atoms with Crippen molar-refractivity contribution >= 4 is 29.6 Å². The number of rotatable bonds is 18. The van der Waals surface area contributed by atoms with Crippen LogP contribution in [0.1, 0.15) is 63.9 Å². The van der Waals surface area contributed by atoms with Gasteiger partial charge in [0, 0.05) is 38.0 Å². The molecule has 1 saturated heterocycles. The summed E-state index contributed by atoms with van der Waals surface area (Å²) in [5.74, 6) is 0.785. The molecule has 0 aromatic heterocycles. The average molecular weight is 538 g/mol. The lowest BCUT2D eigenvalue weighted by Gasteiger charge is -2.22. The number of likely N-dealkylation sites (tertiary alicyclic amines) is 1. The van der Waals surface area contributed by atoms with Gasteiger partial charge in [-0.25, -0.2) is 4.39 Å². The van der Waals surface area contributed by atoms with Gasteiger partial charge in [-0.2, -0.15) is 11.8 Å². The maximum atomic E-state index is 13.0. The maximum Gasteiger partial charge on any atom is 0.305 e. The number of halogens is 1. The van der Waals surface area contributed by atoms with E-state index in [1.165, 1.54) is 12.1 Å². The molecule has 1 fully saturated rings. The molecule has 1 aliphatic heterocycles. The van der Waals surface area contributed by atoms with E-state index in [2.05, 4.69) is 6.92 Å². The molecule has 0 aliphatic carbocycles. The smallest absolute Gasteiger partial charge is 0.305 e. The number of ether oxygens (including phenoxy) is 2. The Kier molecular flexibility index (Phi) is 15.0. The minimum absolute atomic E-state index is 0.0355. The van der Waals surface area contributed by atoms with Crippen LogP contribution in [0.2, 0.25) is 0 Å². The van der Waals surface area contributed by atoms with Crippen LogP contribution in [0, 0.1) is 5.82 Å². The third-order valence-electron chi connectivity index (χ3n) is 6.03. The lowest BCUT2D eigenvalue weighted by molar-refractivity contribution is -0.152. The van der Waals surface area contributed by atoms with Crippen molar-refractivity contribution in [3.8, 4) is 0 Å². The molecule has 1 amide bonds. The second-order valence-corrected chi connectivity index (χ2v) is 10.3. The van der Waals surface area contributed by atoms with Gasteiger partial charge in [0.2, 0.25) is 5.91 Å². The van der Waals surface area contributed by atoms with Gasteiger partial charge in [-0.3, -0.25) is 14.4 Å². The molecule has 9 heteroatoms. The molecular formula is C28H40FNO6S. The molecular weight excluding hydrogens is 497 g/mol. The number of thioether (sulfide) groups is 1. The molecule has 1 aromatic carbocycles. The van der Waals surface area contributed by atoms with E-state index in [0.29, 0.717) is 38.6 Å². The standard InChI is InChI=1S/C28H40FNO6S/c1-2-3-4-6-27(33)35-17-18-36-28(34)7-5-19-37-20-16-30-24(13-15-26(30)32)12-14-25(31)21-22-8-10-23(29)11-9-22/h8-12,14,24-25,31H,2-7,13,15-21H2,1H3/b14-12+/t24-,25+/m0/s1. The summed E-state index contributed by atoms with van der Waals surface area (Å²) >= 11 is 1.68. The second kappa shape index (κ2) is 18.0. The summed E-state index contributed by atoms with van der Waals surface area (Å²) in [5.41, 5.74) is 0.847. The van der Waals surface area contributed by atoms with Crippen LogP contribution in [0.15, 0.2) is 36.4 Å². The molecule has 0 bridgehead atoms. The molecule has 37 heavy (non-hydrogen) atoms. The molecule has 206 valence electrons. The Balaban J connectivity index is 1.55. The van der Waals surface area contributed by atoms with Gasteiger partial charge < -0.3 is 19.5 Å². The van der Waals surface area contributed by atoms with Crippen LogP contribution in [-0.4, -0.2) is 71.3 Å². The molecule has 1 heterocycles. The summed E-state index contributed by atoms with van der Waals surface area (Å²) in [6.45, 7) is 2.85. The predicted octanol–water partition coefficient (Wildman–Crippen LogP) is 4.46. The maximum absolute atomic E-state index is 13.0. The van der Waals surface area contributed by atoms with E-state index in [0.717, 1.165) is 42.8 Å². The van der Waals surface area contributed by atoms with Gasteiger partial charge in [0.25, 0.3) is 0 Å². The number of hydrogen-bond donors (Lipinski definition) is 1. The van der Waals surface area contributed by atoms with Crippen molar-refractivity contribution in [2.75, 3.05) is 31.3 Å². The highest BCUT2D eigenvalue weighted by Gasteiger charge is 2.28. The first-order valence-corrected chi connectivity index (χ1v) is 14.3. The summed E-state index contributed by atoms with van der Waals surface area (Å²) in [7, 11) is 0. The Morgan fingerprint density at radius 3 is 2.46 bits per heavy atom. The zero-order valence-electron chi connectivity index (χ0n) is 21.7. The monoisotopic (exact) mass is 537 g/mol. The summed E-state index contributed by atoms with van der Waals surface area (Å²) < 4.78 is 23.2. The predicted molar refractivity (Wildman–Crippen MR) is 143 cm³/mol. The SMILES string of the molecule is CCCCCC(=O)OCCOC(=O)CCCSCCN1C(=O)CC[C@@H]1/C=C/[C@@H](O)Cc1ccc(F)cc1. The fraction of sp³-hybridized carbons (Fsp3) is 0.607. The van der Waals surface area contributed by atoms with Crippen LogP contribution < -0.4 is 0 Å². The number of aliphatic hydroxyl groups is 1. The Morgan fingerprint density at radius 1 is 1.11 bits per heavy atom. The van der Waals surface area contributed by atoms with Crippen LogP contribution in [-0.2, 0) is 30.3 Å². The van der Waals surface area contributed by atoms with E-state index < -0.39 is 6.10 Å². The third-order valence-corrected chi connectivity index (χ3v) is 7.08. The summed E-state index contributed by atoms with van der Waals surface area (Å²) in [6.07, 6.45) is 8.75. The molecule has 0 saturated carbocycles. The fourth-order valence-corrected chi connectivity index (χ4v) is 4.87. The highest BCUT2D eigenvalue weighted by atomic mass is 32.2. The molecule has 0 unspecified atom stereocenters. The first kappa shape index (κ1) is 30.8. The second-order valence-electron chi connectivity index (χ2n) is 9.09. The van der Waals surface area contributed by atoms with Crippen LogP contribution in [0.4, 0.5) is 4.39 Å². The van der Waals surface area contributed by atoms with Crippen molar-refractivity contribution in [3.05, 3.63) is 47.8 Å². The average Bonchev–Trinajstić information content (AvgIpc) is 3.23. The normalized spacial score (nSPS) is 16.4. The Morgan fingerprint density at radius 2 is 1.78 bits per heavy atom. The number of benzene rings is 1. The highest BCUT2D eigenvalue weighted by Crippen LogP contribution is 2.21. The first-order chi connectivity index (χ1) is 17.9. The quantitative estimate of drug-likeness (QED) is 0.168. The molecule has 2 rings (SSSR count). The molecule has 1 N–H and O–H groups in total. The number of esters is 2. The van der Waals surface area contributed by atoms with E-state index in [-0.39, 0.29) is 42.9 Å². The molecule has 0 radical (unpaired) electrons. The van der Waals surface area contributed by atoms with Gasteiger partial charge in [-0.05, 0) is 42.7 Å². The van der Waals surface area contributed by atoms with Crippen LogP contribution in [0.25, 0.3) is 0 Å². The lowest BCUT2D eigenvalue weighted by Crippen LogP contribution is -2.34. The van der Waals surface area contributed by atoms with Gasteiger partial charge in [0.1, 0.15) is 19.0 Å². The van der Waals surface area contributed by atoms with Crippen LogP contribution >= 0.6 is 11.8 Å². The Labute approximate surface area is 223 Å². The van der Waals surface area contributed by atoms with Crippen molar-refractivity contribution in [1.29, 1.82) is 0 Å². The van der Waals surface area contributed by atoms with Crippen molar-refractivity contribution < 1.29 is 33.4 Å². The Bertz CT molecular complexity index is 863. The molecule has 0 spiro atoms. The number of nitrogens with zero attached hydrogens (tertiary/aromatic N) is 1. The van der Waals surface area contributed by atoms with E-state index in [4.69, 9.17) is 9.47 Å². The number of aliphatic hydroxyl groups excluding tert-OH is 1. The zero-order chi connectivity index (χ0) is 26.9. The van der Waals surface area contributed by atoms with Crippen LogP contribution in [0.3, 0.4) is 0 Å². The lowest BCUT2D eigenvalue weighted by atomic mass is 10.1. The molecule has 2 atom stereocenters. The van der Waals surface area contributed by atoms with Gasteiger partial charge in [0.05, 0.1) is 12.1 Å². The van der Waals surface area contributed by atoms with Gasteiger partial charge >= 0.3 is 11.9 Å². The largest absolute Gasteiger partial charge is 0.462 e. The number of amides is 1. The topological polar surface area (TPSA) is 93.1 Å². The number of unbranched alkanes of at least 4 members (excludes halogenated alkanes) is 2. The van der Waals surface area contributed by atoms with Crippen molar-refractivity contribution in [2.24, 2.45) is 0 Å². The van der Waals surface area contributed by atoms with Crippen molar-refractivity contribution in [3.63, 3.8) is 0 Å².